The van der Waals surface area contributed by atoms with Gasteiger partial charge in [-0.2, -0.15) is 0 Å². The first-order valence-electron chi connectivity index (χ1n) is 6.73. The molecule has 0 N–H and O–H groups in total. The zero-order chi connectivity index (χ0) is 13.9. The quantitative estimate of drug-likeness (QED) is 0.682. The van der Waals surface area contributed by atoms with Gasteiger partial charge in [0.05, 0.1) is 17.1 Å². The van der Waals surface area contributed by atoms with Crippen molar-refractivity contribution in [2.45, 2.75) is 19.4 Å². The minimum atomic E-state index is 0.189. The second-order valence-corrected chi connectivity index (χ2v) is 5.17. The number of pyridine rings is 1. The van der Waals surface area contributed by atoms with Gasteiger partial charge in [0.25, 0.3) is 0 Å². The Labute approximate surface area is 123 Å². The summed E-state index contributed by atoms with van der Waals surface area (Å²) in [5, 5.41) is 0. The van der Waals surface area contributed by atoms with Crippen molar-refractivity contribution < 1.29 is 0 Å². The topological polar surface area (TPSA) is 30.7 Å². The summed E-state index contributed by atoms with van der Waals surface area (Å²) >= 11 is 5.92. The van der Waals surface area contributed by atoms with Gasteiger partial charge >= 0.3 is 0 Å². The van der Waals surface area contributed by atoms with Crippen LogP contribution in [0, 0.1) is 0 Å². The molecule has 0 saturated heterocycles. The molecule has 0 amide bonds. The van der Waals surface area contributed by atoms with Crippen LogP contribution in [-0.4, -0.2) is 20.4 Å². The van der Waals surface area contributed by atoms with Crippen molar-refractivity contribution in [3.63, 3.8) is 0 Å². The predicted molar refractivity (Wildman–Crippen MR) is 82.2 cm³/mol. The van der Waals surface area contributed by atoms with Gasteiger partial charge in [-0.3, -0.25) is 4.98 Å². The second-order valence-electron chi connectivity index (χ2n) is 4.79. The molecule has 0 radical (unpaired) electrons. The largest absolute Gasteiger partial charge is 0.321 e. The van der Waals surface area contributed by atoms with E-state index in [1.807, 2.05) is 30.5 Å². The number of alkyl halides is 1. The van der Waals surface area contributed by atoms with Gasteiger partial charge in [0.15, 0.2) is 0 Å². The number of aromatic nitrogens is 3. The van der Waals surface area contributed by atoms with Gasteiger partial charge in [0, 0.05) is 24.7 Å². The van der Waals surface area contributed by atoms with E-state index in [4.69, 9.17) is 16.6 Å². The minimum absolute atomic E-state index is 0.189. The van der Waals surface area contributed by atoms with Crippen molar-refractivity contribution in [2.75, 3.05) is 5.88 Å². The lowest BCUT2D eigenvalue weighted by Crippen LogP contribution is -2.11. The monoisotopic (exact) mass is 285 g/mol. The Morgan fingerprint density at radius 3 is 2.80 bits per heavy atom. The van der Waals surface area contributed by atoms with Crippen LogP contribution >= 0.6 is 11.6 Å². The van der Waals surface area contributed by atoms with Gasteiger partial charge in [0.2, 0.25) is 0 Å². The number of fused-ring (bicyclic) bond motifs is 1. The number of aryl methyl sites for hydroxylation is 1. The van der Waals surface area contributed by atoms with E-state index in [9.17, 15) is 0 Å². The third-order valence-electron chi connectivity index (χ3n) is 3.54. The summed E-state index contributed by atoms with van der Waals surface area (Å²) in [5.74, 6) is 1.60. The highest BCUT2D eigenvalue weighted by Crippen LogP contribution is 2.25. The highest BCUT2D eigenvalue weighted by Gasteiger charge is 2.16. The molecule has 1 unspecified atom stereocenters. The highest BCUT2D eigenvalue weighted by molar-refractivity contribution is 6.17. The van der Waals surface area contributed by atoms with E-state index in [2.05, 4.69) is 28.6 Å². The number of imidazole rings is 1. The Kier molecular flexibility index (Phi) is 3.70. The molecule has 2 heterocycles. The average Bonchev–Trinajstić information content (AvgIpc) is 2.86. The van der Waals surface area contributed by atoms with E-state index in [-0.39, 0.29) is 6.04 Å². The maximum Gasteiger partial charge on any atom is 0.111 e. The van der Waals surface area contributed by atoms with Gasteiger partial charge < -0.3 is 4.57 Å². The standard InChI is InChI=1S/C16H16ClN3/c1-12(13-5-4-10-18-11-13)20-15-7-3-2-6-14(15)19-16(20)8-9-17/h2-7,10-12H,8-9H2,1H3. The number of para-hydroxylation sites is 2. The fraction of sp³-hybridized carbons (Fsp3) is 0.250. The van der Waals surface area contributed by atoms with Gasteiger partial charge in [0.1, 0.15) is 5.82 Å². The molecule has 0 aliphatic heterocycles. The van der Waals surface area contributed by atoms with Crippen LogP contribution in [0.15, 0.2) is 48.8 Å². The Morgan fingerprint density at radius 1 is 1.20 bits per heavy atom. The summed E-state index contributed by atoms with van der Waals surface area (Å²) < 4.78 is 2.26. The molecule has 3 nitrogen and oxygen atoms in total. The first-order chi connectivity index (χ1) is 9.81. The lowest BCUT2D eigenvalue weighted by Gasteiger charge is -2.17. The van der Waals surface area contributed by atoms with E-state index in [0.717, 1.165) is 23.3 Å². The molecule has 0 spiro atoms. The Bertz CT molecular complexity index is 706. The first-order valence-corrected chi connectivity index (χ1v) is 7.26. The first kappa shape index (κ1) is 13.1. The van der Waals surface area contributed by atoms with Crippen LogP contribution < -0.4 is 0 Å². The van der Waals surface area contributed by atoms with Crippen molar-refractivity contribution in [1.29, 1.82) is 0 Å². The molecule has 3 rings (SSSR count). The Hall–Kier alpha value is -1.87. The Morgan fingerprint density at radius 2 is 2.05 bits per heavy atom. The lowest BCUT2D eigenvalue weighted by molar-refractivity contribution is 0.621. The van der Waals surface area contributed by atoms with Gasteiger partial charge in [-0.25, -0.2) is 4.98 Å². The van der Waals surface area contributed by atoms with E-state index < -0.39 is 0 Å². The molecule has 3 aromatic rings. The maximum absolute atomic E-state index is 5.92. The van der Waals surface area contributed by atoms with Crippen molar-refractivity contribution in [2.24, 2.45) is 0 Å². The molecular formula is C16H16ClN3. The van der Waals surface area contributed by atoms with Crippen LogP contribution in [0.4, 0.5) is 0 Å². The van der Waals surface area contributed by atoms with Crippen LogP contribution in [0.3, 0.4) is 0 Å². The third kappa shape index (κ3) is 2.29. The van der Waals surface area contributed by atoms with Crippen LogP contribution in [-0.2, 0) is 6.42 Å². The number of benzene rings is 1. The summed E-state index contributed by atoms with van der Waals surface area (Å²) in [5.41, 5.74) is 3.33. The number of rotatable bonds is 4. The maximum atomic E-state index is 5.92. The summed E-state index contributed by atoms with van der Waals surface area (Å²) in [7, 11) is 0. The SMILES string of the molecule is CC(c1cccnc1)n1c(CCCl)nc2ccccc21. The Balaban J connectivity index is 2.15. The second kappa shape index (κ2) is 5.63. The number of hydrogen-bond acceptors (Lipinski definition) is 2. The fourth-order valence-electron chi connectivity index (χ4n) is 2.56. The summed E-state index contributed by atoms with van der Waals surface area (Å²) in [6, 6.07) is 12.4. The van der Waals surface area contributed by atoms with Crippen LogP contribution in [0.2, 0.25) is 0 Å². The summed E-state index contributed by atoms with van der Waals surface area (Å²) in [4.78, 5) is 8.92. The summed E-state index contributed by atoms with van der Waals surface area (Å²) in [6.07, 6.45) is 4.46. The molecular weight excluding hydrogens is 270 g/mol. The minimum Gasteiger partial charge on any atom is -0.321 e. The van der Waals surface area contributed by atoms with E-state index in [0.29, 0.717) is 5.88 Å². The molecule has 0 saturated carbocycles. The van der Waals surface area contributed by atoms with E-state index >= 15 is 0 Å². The molecule has 4 heteroatoms. The zero-order valence-electron chi connectivity index (χ0n) is 11.3. The molecule has 1 aromatic carbocycles. The molecule has 0 fully saturated rings. The number of halogens is 1. The number of hydrogen-bond donors (Lipinski definition) is 0. The molecule has 0 bridgehead atoms. The molecule has 0 aliphatic rings. The lowest BCUT2D eigenvalue weighted by atomic mass is 10.1. The van der Waals surface area contributed by atoms with Crippen LogP contribution in [0.1, 0.15) is 24.4 Å². The molecule has 0 aliphatic carbocycles. The van der Waals surface area contributed by atoms with Gasteiger partial charge in [-0.1, -0.05) is 18.2 Å². The van der Waals surface area contributed by atoms with Crippen molar-refractivity contribution in [1.82, 2.24) is 14.5 Å². The third-order valence-corrected chi connectivity index (χ3v) is 3.73. The molecule has 1 atom stereocenters. The van der Waals surface area contributed by atoms with Crippen molar-refractivity contribution in [3.05, 3.63) is 60.2 Å². The molecule has 102 valence electrons. The van der Waals surface area contributed by atoms with Gasteiger partial charge in [-0.15, -0.1) is 11.6 Å². The predicted octanol–water partition coefficient (Wildman–Crippen LogP) is 3.82. The van der Waals surface area contributed by atoms with Gasteiger partial charge in [-0.05, 0) is 30.7 Å². The normalized spacial score (nSPS) is 12.7. The van der Waals surface area contributed by atoms with Crippen molar-refractivity contribution in [3.8, 4) is 0 Å². The highest BCUT2D eigenvalue weighted by atomic mass is 35.5. The summed E-state index contributed by atoms with van der Waals surface area (Å²) in [6.45, 7) is 2.17. The smallest absolute Gasteiger partial charge is 0.111 e. The van der Waals surface area contributed by atoms with Crippen LogP contribution in [0.5, 0.6) is 0 Å². The molecule has 20 heavy (non-hydrogen) atoms. The van der Waals surface area contributed by atoms with E-state index in [1.54, 1.807) is 6.20 Å². The number of nitrogens with zero attached hydrogens (tertiary/aromatic N) is 3. The average molecular weight is 286 g/mol. The molecule has 2 aromatic heterocycles. The van der Waals surface area contributed by atoms with E-state index in [1.165, 1.54) is 5.56 Å². The van der Waals surface area contributed by atoms with Crippen molar-refractivity contribution >= 4 is 22.6 Å². The van der Waals surface area contributed by atoms with Crippen LogP contribution in [0.25, 0.3) is 11.0 Å². The fourth-order valence-corrected chi connectivity index (χ4v) is 2.73. The zero-order valence-corrected chi connectivity index (χ0v) is 12.1.